The Morgan fingerprint density at radius 3 is 2.85 bits per heavy atom. The van der Waals surface area contributed by atoms with Gasteiger partial charge in [0.15, 0.2) is 5.75 Å². The highest BCUT2D eigenvalue weighted by atomic mass is 35.5. The van der Waals surface area contributed by atoms with Crippen LogP contribution in [0.1, 0.15) is 16.1 Å². The fourth-order valence-corrected chi connectivity index (χ4v) is 2.57. The topological polar surface area (TPSA) is 73.2 Å². The van der Waals surface area contributed by atoms with Crippen molar-refractivity contribution in [3.05, 3.63) is 87.6 Å². The van der Waals surface area contributed by atoms with E-state index in [2.05, 4.69) is 10.3 Å². The van der Waals surface area contributed by atoms with E-state index in [4.69, 9.17) is 16.3 Å². The molecule has 7 heteroatoms. The van der Waals surface area contributed by atoms with Gasteiger partial charge < -0.3 is 14.6 Å². The molecule has 0 aliphatic carbocycles. The zero-order chi connectivity index (χ0) is 18.5. The second kappa shape index (κ2) is 7.84. The summed E-state index contributed by atoms with van der Waals surface area (Å²) in [5.74, 6) is -0.246. The van der Waals surface area contributed by atoms with Crippen molar-refractivity contribution in [1.29, 1.82) is 0 Å². The molecule has 0 fully saturated rings. The number of ether oxygens (including phenoxy) is 1. The van der Waals surface area contributed by atoms with Gasteiger partial charge in [0.2, 0.25) is 5.43 Å². The van der Waals surface area contributed by atoms with Gasteiger partial charge in [-0.2, -0.15) is 0 Å². The van der Waals surface area contributed by atoms with Crippen molar-refractivity contribution in [2.45, 2.75) is 6.61 Å². The first-order valence-electron chi connectivity index (χ1n) is 7.82. The van der Waals surface area contributed by atoms with Gasteiger partial charge in [0.25, 0.3) is 5.91 Å². The molecule has 0 spiro atoms. The predicted molar refractivity (Wildman–Crippen MR) is 99.7 cm³/mol. The minimum Gasteiger partial charge on any atom is -0.483 e. The number of amides is 1. The quantitative estimate of drug-likeness (QED) is 0.749. The highest BCUT2D eigenvalue weighted by molar-refractivity contribution is 6.30. The summed E-state index contributed by atoms with van der Waals surface area (Å²) in [6, 6.07) is 11.9. The third kappa shape index (κ3) is 4.29. The van der Waals surface area contributed by atoms with Gasteiger partial charge in [-0.3, -0.25) is 14.6 Å². The second-order valence-corrected chi connectivity index (χ2v) is 6.05. The molecule has 1 aromatic carbocycles. The number of anilines is 1. The van der Waals surface area contributed by atoms with E-state index >= 15 is 0 Å². The zero-order valence-electron chi connectivity index (χ0n) is 14.0. The van der Waals surface area contributed by atoms with Crippen molar-refractivity contribution >= 4 is 23.2 Å². The van der Waals surface area contributed by atoms with E-state index in [0.29, 0.717) is 10.7 Å². The Balaban J connectivity index is 1.75. The number of benzene rings is 1. The molecule has 0 saturated carbocycles. The van der Waals surface area contributed by atoms with Gasteiger partial charge in [-0.05, 0) is 29.8 Å². The predicted octanol–water partition coefficient (Wildman–Crippen LogP) is 3.27. The third-order valence-corrected chi connectivity index (χ3v) is 3.87. The average molecular weight is 370 g/mol. The van der Waals surface area contributed by atoms with Crippen LogP contribution in [-0.2, 0) is 13.7 Å². The summed E-state index contributed by atoms with van der Waals surface area (Å²) >= 11 is 5.93. The number of aryl methyl sites for hydroxylation is 1. The maximum absolute atomic E-state index is 12.4. The summed E-state index contributed by atoms with van der Waals surface area (Å²) in [5, 5.41) is 3.29. The summed E-state index contributed by atoms with van der Waals surface area (Å²) in [6.45, 7) is 0.205. The molecule has 0 aliphatic heterocycles. The second-order valence-electron chi connectivity index (χ2n) is 5.61. The molecule has 0 unspecified atom stereocenters. The number of rotatable bonds is 5. The van der Waals surface area contributed by atoms with E-state index in [1.807, 2.05) is 12.1 Å². The number of carbonyl (C=O) groups excluding carboxylic acids is 1. The molecule has 0 saturated heterocycles. The summed E-state index contributed by atoms with van der Waals surface area (Å²) < 4.78 is 7.12. The van der Waals surface area contributed by atoms with E-state index in [0.717, 1.165) is 5.56 Å². The van der Waals surface area contributed by atoms with E-state index in [-0.39, 0.29) is 23.5 Å². The van der Waals surface area contributed by atoms with Gasteiger partial charge in [-0.15, -0.1) is 0 Å². The molecular formula is C19H16ClN3O3. The van der Waals surface area contributed by atoms with Gasteiger partial charge in [0, 0.05) is 24.3 Å². The molecule has 3 aromatic rings. The lowest BCUT2D eigenvalue weighted by molar-refractivity contribution is 0.101. The Bertz CT molecular complexity index is 987. The first kappa shape index (κ1) is 17.7. The Hall–Kier alpha value is -3.12. The van der Waals surface area contributed by atoms with Crippen LogP contribution in [0.15, 0.2) is 65.8 Å². The summed E-state index contributed by atoms with van der Waals surface area (Å²) in [4.78, 5) is 28.6. The minimum atomic E-state index is -0.404. The van der Waals surface area contributed by atoms with Gasteiger partial charge in [-0.25, -0.2) is 0 Å². The number of hydrogen-bond donors (Lipinski definition) is 1. The highest BCUT2D eigenvalue weighted by Crippen LogP contribution is 2.14. The minimum absolute atomic E-state index is 0.158. The van der Waals surface area contributed by atoms with E-state index in [9.17, 15) is 9.59 Å². The molecule has 0 bridgehead atoms. The maximum Gasteiger partial charge on any atom is 0.272 e. The first-order valence-corrected chi connectivity index (χ1v) is 8.20. The summed E-state index contributed by atoms with van der Waals surface area (Å²) in [5.41, 5.74) is 1.24. The smallest absolute Gasteiger partial charge is 0.272 e. The molecule has 1 amide bonds. The molecule has 0 radical (unpaired) electrons. The summed E-state index contributed by atoms with van der Waals surface area (Å²) in [7, 11) is 1.67. The van der Waals surface area contributed by atoms with Crippen molar-refractivity contribution in [3.63, 3.8) is 0 Å². The molecule has 2 aromatic heterocycles. The van der Waals surface area contributed by atoms with Crippen molar-refractivity contribution in [1.82, 2.24) is 9.55 Å². The fraction of sp³-hybridized carbons (Fsp3) is 0.105. The van der Waals surface area contributed by atoms with Crippen LogP contribution < -0.4 is 15.5 Å². The molecule has 2 heterocycles. The van der Waals surface area contributed by atoms with Crippen LogP contribution in [0.25, 0.3) is 0 Å². The number of nitrogens with one attached hydrogen (secondary N) is 1. The normalized spacial score (nSPS) is 10.4. The third-order valence-electron chi connectivity index (χ3n) is 3.64. The van der Waals surface area contributed by atoms with Crippen LogP contribution in [0.3, 0.4) is 0 Å². The van der Waals surface area contributed by atoms with Gasteiger partial charge in [0.1, 0.15) is 12.3 Å². The molecule has 6 nitrogen and oxygen atoms in total. The van der Waals surface area contributed by atoms with Crippen LogP contribution in [0, 0.1) is 0 Å². The van der Waals surface area contributed by atoms with E-state index in [1.165, 1.54) is 18.5 Å². The van der Waals surface area contributed by atoms with Crippen molar-refractivity contribution in [2.75, 3.05) is 5.32 Å². The van der Waals surface area contributed by atoms with Crippen LogP contribution in [-0.4, -0.2) is 15.5 Å². The number of nitrogens with zero attached hydrogens (tertiary/aromatic N) is 2. The largest absolute Gasteiger partial charge is 0.483 e. The highest BCUT2D eigenvalue weighted by Gasteiger charge is 2.13. The Kier molecular flexibility index (Phi) is 5.34. The number of halogens is 1. The molecule has 0 aliphatic rings. The Labute approximate surface area is 155 Å². The van der Waals surface area contributed by atoms with E-state index in [1.54, 1.807) is 42.1 Å². The molecular weight excluding hydrogens is 354 g/mol. The van der Waals surface area contributed by atoms with Crippen LogP contribution in [0.4, 0.5) is 5.69 Å². The SMILES string of the molecule is Cn1cc(OCc2cccc(Cl)c2)c(=O)cc1C(=O)Nc1cccnc1. The lowest BCUT2D eigenvalue weighted by Crippen LogP contribution is -2.21. The van der Waals surface area contributed by atoms with Crippen LogP contribution in [0.5, 0.6) is 5.75 Å². The van der Waals surface area contributed by atoms with Gasteiger partial charge in [0.05, 0.1) is 18.1 Å². The number of aromatic nitrogens is 2. The van der Waals surface area contributed by atoms with Crippen molar-refractivity contribution in [2.24, 2.45) is 7.05 Å². The Morgan fingerprint density at radius 1 is 1.27 bits per heavy atom. The van der Waals surface area contributed by atoms with Gasteiger partial charge in [-0.1, -0.05) is 23.7 Å². The average Bonchev–Trinajstić information content (AvgIpc) is 2.63. The lowest BCUT2D eigenvalue weighted by atomic mass is 10.2. The number of carbonyl (C=O) groups is 1. The monoisotopic (exact) mass is 369 g/mol. The van der Waals surface area contributed by atoms with Crippen molar-refractivity contribution in [3.8, 4) is 5.75 Å². The zero-order valence-corrected chi connectivity index (χ0v) is 14.7. The summed E-state index contributed by atoms with van der Waals surface area (Å²) in [6.07, 6.45) is 4.63. The van der Waals surface area contributed by atoms with Crippen LogP contribution in [0.2, 0.25) is 5.02 Å². The lowest BCUT2D eigenvalue weighted by Gasteiger charge is -2.12. The molecule has 0 atom stereocenters. The first-order chi connectivity index (χ1) is 12.5. The van der Waals surface area contributed by atoms with Crippen molar-refractivity contribution < 1.29 is 9.53 Å². The molecule has 1 N–H and O–H groups in total. The molecule has 3 rings (SSSR count). The van der Waals surface area contributed by atoms with Gasteiger partial charge >= 0.3 is 0 Å². The molecule has 132 valence electrons. The maximum atomic E-state index is 12.4. The standard InChI is InChI=1S/C19H16ClN3O3/c1-23-11-18(26-12-13-4-2-5-14(20)8-13)17(24)9-16(23)19(25)22-15-6-3-7-21-10-15/h2-11H,12H2,1H3,(H,22,25). The fourth-order valence-electron chi connectivity index (χ4n) is 2.36. The molecule has 26 heavy (non-hydrogen) atoms. The van der Waals surface area contributed by atoms with Crippen LogP contribution >= 0.6 is 11.6 Å². The number of hydrogen-bond acceptors (Lipinski definition) is 4. The number of pyridine rings is 2. The Morgan fingerprint density at radius 2 is 2.12 bits per heavy atom. The van der Waals surface area contributed by atoms with E-state index < -0.39 is 5.91 Å².